The molecule has 0 fully saturated rings. The Bertz CT molecular complexity index is 1690. The van der Waals surface area contributed by atoms with Gasteiger partial charge in [0.2, 0.25) is 0 Å². The highest BCUT2D eigenvalue weighted by molar-refractivity contribution is 7.21. The lowest BCUT2D eigenvalue weighted by Crippen LogP contribution is -2.04. The summed E-state index contributed by atoms with van der Waals surface area (Å²) in [6, 6.07) is 20.7. The number of nitrogens with zero attached hydrogens (tertiary/aromatic N) is 2. The van der Waals surface area contributed by atoms with E-state index in [1.54, 1.807) is 12.2 Å². The van der Waals surface area contributed by atoms with Crippen molar-refractivity contribution in [1.82, 2.24) is 0 Å². The summed E-state index contributed by atoms with van der Waals surface area (Å²) >= 11 is 2.85. The Labute approximate surface area is 232 Å². The molecule has 0 spiro atoms. The summed E-state index contributed by atoms with van der Waals surface area (Å²) < 4.78 is 79.0. The van der Waals surface area contributed by atoms with Crippen LogP contribution in [-0.4, -0.2) is 0 Å². The number of allylic oxidation sites excluding steroid dienone is 2. The molecular weight excluding hydrogens is 566 g/mol. The second kappa shape index (κ2) is 10.3. The Balaban J connectivity index is 1.44. The SMILES string of the molecule is N#C/C(=C\c1cc2cc3sc(/C=C(\C#N)c4ccc(C(F)(F)F)cc4)cc3cc2s1)c1ccc(C(F)(F)F)cc1. The third-order valence-electron chi connectivity index (χ3n) is 6.05. The predicted octanol–water partition coefficient (Wildman–Crippen LogP) is 10.3. The van der Waals surface area contributed by atoms with Gasteiger partial charge in [-0.2, -0.15) is 36.9 Å². The zero-order chi connectivity index (χ0) is 28.7. The molecule has 0 unspecified atom stereocenters. The molecule has 40 heavy (non-hydrogen) atoms. The van der Waals surface area contributed by atoms with Crippen molar-refractivity contribution in [2.45, 2.75) is 12.4 Å². The lowest BCUT2D eigenvalue weighted by molar-refractivity contribution is -0.138. The maximum atomic E-state index is 12.9. The van der Waals surface area contributed by atoms with Gasteiger partial charge in [-0.05, 0) is 82.6 Å². The number of halogens is 6. The van der Waals surface area contributed by atoms with Crippen LogP contribution in [0.15, 0.2) is 72.8 Å². The van der Waals surface area contributed by atoms with Crippen molar-refractivity contribution in [3.05, 3.63) is 105 Å². The first kappa shape index (κ1) is 27.2. The molecule has 0 radical (unpaired) electrons. The Morgan fingerprint density at radius 1 is 0.575 bits per heavy atom. The summed E-state index contributed by atoms with van der Waals surface area (Å²) in [7, 11) is 0. The molecule has 2 nitrogen and oxygen atoms in total. The number of hydrogen-bond donors (Lipinski definition) is 0. The van der Waals surface area contributed by atoms with Crippen LogP contribution in [0.25, 0.3) is 43.5 Å². The molecule has 0 aliphatic heterocycles. The predicted molar refractivity (Wildman–Crippen MR) is 147 cm³/mol. The lowest BCUT2D eigenvalue weighted by Gasteiger charge is -2.07. The normalized spacial score (nSPS) is 13.0. The van der Waals surface area contributed by atoms with Gasteiger partial charge >= 0.3 is 12.4 Å². The smallest absolute Gasteiger partial charge is 0.192 e. The van der Waals surface area contributed by atoms with Crippen molar-refractivity contribution in [3.8, 4) is 12.1 Å². The molecule has 0 amide bonds. The van der Waals surface area contributed by atoms with Crippen molar-refractivity contribution in [2.75, 3.05) is 0 Å². The fourth-order valence-electron chi connectivity index (χ4n) is 4.08. The summed E-state index contributed by atoms with van der Waals surface area (Å²) in [5.41, 5.74) is -0.334. The van der Waals surface area contributed by atoms with Crippen LogP contribution in [-0.2, 0) is 12.4 Å². The van der Waals surface area contributed by atoms with Gasteiger partial charge < -0.3 is 0 Å². The first-order valence-electron chi connectivity index (χ1n) is 11.5. The van der Waals surface area contributed by atoms with Crippen LogP contribution in [0.4, 0.5) is 26.3 Å². The summed E-state index contributed by atoms with van der Waals surface area (Å²) in [5.74, 6) is 0. The van der Waals surface area contributed by atoms with E-state index in [0.29, 0.717) is 11.1 Å². The van der Waals surface area contributed by atoms with Gasteiger partial charge in [-0.25, -0.2) is 0 Å². The van der Waals surface area contributed by atoms with E-state index in [0.717, 1.165) is 54.2 Å². The average molecular weight is 581 g/mol. The number of rotatable bonds is 4. The molecule has 0 atom stereocenters. The van der Waals surface area contributed by atoms with Crippen molar-refractivity contribution >= 4 is 66.1 Å². The van der Waals surface area contributed by atoms with Crippen molar-refractivity contribution in [2.24, 2.45) is 0 Å². The largest absolute Gasteiger partial charge is 0.416 e. The van der Waals surface area contributed by atoms with Crippen LogP contribution in [0, 0.1) is 22.7 Å². The lowest BCUT2D eigenvalue weighted by atomic mass is 10.0. The van der Waals surface area contributed by atoms with Crippen LogP contribution >= 0.6 is 22.7 Å². The van der Waals surface area contributed by atoms with Gasteiger partial charge in [0.15, 0.2) is 0 Å². The van der Waals surface area contributed by atoms with Crippen molar-refractivity contribution < 1.29 is 26.3 Å². The Kier molecular flexibility index (Phi) is 7.01. The summed E-state index contributed by atoms with van der Waals surface area (Å²) in [6.45, 7) is 0. The number of benzene rings is 3. The van der Waals surface area contributed by atoms with Gasteiger partial charge in [0.1, 0.15) is 0 Å². The van der Waals surface area contributed by atoms with Crippen LogP contribution in [0.2, 0.25) is 0 Å². The van der Waals surface area contributed by atoms with E-state index in [1.165, 1.54) is 46.9 Å². The minimum absolute atomic E-state index is 0.238. The molecule has 2 heterocycles. The fraction of sp³-hybridized carbons (Fsp3) is 0.0667. The quantitative estimate of drug-likeness (QED) is 0.157. The van der Waals surface area contributed by atoms with Gasteiger partial charge in [0, 0.05) is 19.2 Å². The number of fused-ring (bicyclic) bond motifs is 2. The molecule has 2 aromatic heterocycles. The molecule has 5 aromatic rings. The van der Waals surface area contributed by atoms with Crippen molar-refractivity contribution in [3.63, 3.8) is 0 Å². The number of alkyl halides is 6. The van der Waals surface area contributed by atoms with E-state index < -0.39 is 23.5 Å². The average Bonchev–Trinajstić information content (AvgIpc) is 3.49. The molecule has 5 rings (SSSR count). The molecule has 0 bridgehead atoms. The molecule has 0 aliphatic carbocycles. The summed E-state index contributed by atoms with van der Waals surface area (Å²) in [6.07, 6.45) is -5.64. The molecule has 0 aliphatic rings. The zero-order valence-corrected chi connectivity index (χ0v) is 21.7. The molecule has 10 heteroatoms. The number of hydrogen-bond acceptors (Lipinski definition) is 4. The Morgan fingerprint density at radius 2 is 0.925 bits per heavy atom. The standard InChI is InChI=1S/C30H14F6N2S2/c31-29(32,33)23-5-1-17(2-6-23)21(15-37)11-25-9-19-13-28-20(14-27(19)39-25)10-26(40-28)12-22(16-38)18-3-7-24(8-4-18)30(34,35)36/h1-14H/b21-11+,22-12+. The molecule has 0 saturated carbocycles. The van der Waals surface area contributed by atoms with Gasteiger partial charge in [-0.15, -0.1) is 22.7 Å². The second-order valence-corrected chi connectivity index (χ2v) is 10.9. The third-order valence-corrected chi connectivity index (χ3v) is 8.14. The molecule has 3 aromatic carbocycles. The van der Waals surface area contributed by atoms with Crippen LogP contribution in [0.1, 0.15) is 32.0 Å². The van der Waals surface area contributed by atoms with Gasteiger partial charge in [0.25, 0.3) is 0 Å². The van der Waals surface area contributed by atoms with Crippen LogP contribution in [0.5, 0.6) is 0 Å². The van der Waals surface area contributed by atoms with E-state index in [2.05, 4.69) is 12.1 Å². The zero-order valence-electron chi connectivity index (χ0n) is 20.1. The second-order valence-electron chi connectivity index (χ2n) is 8.72. The third kappa shape index (κ3) is 5.64. The highest BCUT2D eigenvalue weighted by atomic mass is 32.1. The van der Waals surface area contributed by atoms with Gasteiger partial charge in [-0.3, -0.25) is 0 Å². The molecular formula is C30H14F6N2S2. The van der Waals surface area contributed by atoms with E-state index in [1.807, 2.05) is 24.3 Å². The monoisotopic (exact) mass is 580 g/mol. The maximum absolute atomic E-state index is 12.9. The minimum atomic E-state index is -4.46. The number of thiophene rings is 2. The summed E-state index contributed by atoms with van der Waals surface area (Å²) in [4.78, 5) is 1.52. The number of nitriles is 2. The highest BCUT2D eigenvalue weighted by Gasteiger charge is 2.30. The molecule has 0 N–H and O–H groups in total. The van der Waals surface area contributed by atoms with E-state index in [9.17, 15) is 36.9 Å². The molecule has 0 saturated heterocycles. The van der Waals surface area contributed by atoms with Crippen LogP contribution < -0.4 is 0 Å². The first-order valence-corrected chi connectivity index (χ1v) is 13.1. The van der Waals surface area contributed by atoms with Gasteiger partial charge in [-0.1, -0.05) is 24.3 Å². The minimum Gasteiger partial charge on any atom is -0.192 e. The van der Waals surface area contributed by atoms with Gasteiger partial charge in [0.05, 0.1) is 34.4 Å². The van der Waals surface area contributed by atoms with Crippen molar-refractivity contribution in [1.29, 1.82) is 10.5 Å². The maximum Gasteiger partial charge on any atom is 0.416 e. The fourth-order valence-corrected chi connectivity index (χ4v) is 6.15. The first-order chi connectivity index (χ1) is 18.9. The van der Waals surface area contributed by atoms with E-state index >= 15 is 0 Å². The Hall–Kier alpha value is -4.38. The molecule has 198 valence electrons. The topological polar surface area (TPSA) is 47.6 Å². The van der Waals surface area contributed by atoms with E-state index in [4.69, 9.17) is 0 Å². The van der Waals surface area contributed by atoms with E-state index in [-0.39, 0.29) is 11.1 Å². The van der Waals surface area contributed by atoms with Crippen LogP contribution in [0.3, 0.4) is 0 Å². The Morgan fingerprint density at radius 3 is 1.23 bits per heavy atom. The summed E-state index contributed by atoms with van der Waals surface area (Å²) in [5, 5.41) is 21.0. The highest BCUT2D eigenvalue weighted by Crippen LogP contribution is 2.37.